The lowest BCUT2D eigenvalue weighted by atomic mass is 9.97. The summed E-state index contributed by atoms with van der Waals surface area (Å²) in [6, 6.07) is 11.8. The predicted octanol–water partition coefficient (Wildman–Crippen LogP) is 3.47. The number of carbonyl (C=O) groups is 1. The normalized spacial score (nSPS) is 17.4. The van der Waals surface area contributed by atoms with Gasteiger partial charge in [0.05, 0.1) is 19.0 Å². The highest BCUT2D eigenvalue weighted by molar-refractivity contribution is 5.78. The topological polar surface area (TPSA) is 84.4 Å². The van der Waals surface area contributed by atoms with Crippen LogP contribution in [0.1, 0.15) is 35.7 Å². The summed E-state index contributed by atoms with van der Waals surface area (Å²) in [5.41, 5.74) is 2.10. The Balaban J connectivity index is 1.31. The molecule has 1 aliphatic rings. The van der Waals surface area contributed by atoms with E-state index >= 15 is 0 Å². The molecule has 0 spiro atoms. The quantitative estimate of drug-likeness (QED) is 0.689. The highest BCUT2D eigenvalue weighted by Gasteiger charge is 2.26. The van der Waals surface area contributed by atoms with Crippen molar-refractivity contribution in [3.63, 3.8) is 0 Å². The number of amides is 1. The molecule has 0 aliphatic carbocycles. The molecule has 3 aromatic rings. The van der Waals surface area contributed by atoms with E-state index in [2.05, 4.69) is 20.4 Å². The molecular formula is C22H26N4O3. The van der Waals surface area contributed by atoms with Gasteiger partial charge in [0.2, 0.25) is 5.91 Å². The largest absolute Gasteiger partial charge is 0.465 e. The van der Waals surface area contributed by atoms with E-state index in [0.29, 0.717) is 31.3 Å². The molecule has 0 saturated carbocycles. The molecule has 152 valence electrons. The second-order valence-corrected chi connectivity index (χ2v) is 7.69. The molecule has 1 amide bonds. The van der Waals surface area contributed by atoms with E-state index in [1.54, 1.807) is 0 Å². The van der Waals surface area contributed by atoms with Gasteiger partial charge in [-0.2, -0.15) is 4.98 Å². The van der Waals surface area contributed by atoms with Crippen molar-refractivity contribution < 1.29 is 13.7 Å². The van der Waals surface area contributed by atoms with Gasteiger partial charge in [0, 0.05) is 12.1 Å². The van der Waals surface area contributed by atoms with E-state index in [1.807, 2.05) is 50.2 Å². The minimum Gasteiger partial charge on any atom is -0.465 e. The predicted molar refractivity (Wildman–Crippen MR) is 108 cm³/mol. The first-order valence-electron chi connectivity index (χ1n) is 10.0. The molecule has 1 saturated heterocycles. The Morgan fingerprint density at radius 2 is 2.03 bits per heavy atom. The zero-order valence-corrected chi connectivity index (χ0v) is 16.9. The van der Waals surface area contributed by atoms with Gasteiger partial charge < -0.3 is 14.3 Å². The Bertz CT molecular complexity index is 961. The summed E-state index contributed by atoms with van der Waals surface area (Å²) in [6.07, 6.45) is 1.86. The van der Waals surface area contributed by atoms with Crippen LogP contribution in [-0.2, 0) is 17.9 Å². The molecule has 0 unspecified atom stereocenters. The zero-order chi connectivity index (χ0) is 20.2. The van der Waals surface area contributed by atoms with Crippen molar-refractivity contribution in [2.45, 2.75) is 39.8 Å². The lowest BCUT2D eigenvalue weighted by Gasteiger charge is -2.30. The number of carbonyl (C=O) groups excluding carboxylic acids is 1. The summed E-state index contributed by atoms with van der Waals surface area (Å²) in [7, 11) is 0. The minimum absolute atomic E-state index is 0.0386. The third kappa shape index (κ3) is 4.92. The highest BCUT2D eigenvalue weighted by Crippen LogP contribution is 2.21. The van der Waals surface area contributed by atoms with Crippen molar-refractivity contribution in [1.29, 1.82) is 0 Å². The maximum absolute atomic E-state index is 12.6. The molecular weight excluding hydrogens is 368 g/mol. The number of aryl methyl sites for hydroxylation is 2. The fourth-order valence-corrected chi connectivity index (χ4v) is 3.64. The molecule has 3 heterocycles. The molecule has 29 heavy (non-hydrogen) atoms. The van der Waals surface area contributed by atoms with Crippen LogP contribution >= 0.6 is 0 Å². The Labute approximate surface area is 170 Å². The van der Waals surface area contributed by atoms with Crippen LogP contribution in [0.4, 0.5) is 0 Å². The lowest BCUT2D eigenvalue weighted by molar-refractivity contribution is -0.127. The average Bonchev–Trinajstić information content (AvgIpc) is 3.36. The van der Waals surface area contributed by atoms with Crippen LogP contribution in [0.2, 0.25) is 0 Å². The number of benzene rings is 1. The number of furan rings is 1. The van der Waals surface area contributed by atoms with E-state index in [1.165, 1.54) is 5.56 Å². The molecule has 1 N–H and O–H groups in total. The maximum atomic E-state index is 12.6. The summed E-state index contributed by atoms with van der Waals surface area (Å²) >= 11 is 0. The third-order valence-corrected chi connectivity index (χ3v) is 5.24. The van der Waals surface area contributed by atoms with Gasteiger partial charge in [-0.3, -0.25) is 9.69 Å². The number of aromatic nitrogens is 2. The van der Waals surface area contributed by atoms with Crippen molar-refractivity contribution in [1.82, 2.24) is 20.4 Å². The van der Waals surface area contributed by atoms with Crippen LogP contribution in [0, 0.1) is 19.8 Å². The summed E-state index contributed by atoms with van der Waals surface area (Å²) in [4.78, 5) is 19.3. The van der Waals surface area contributed by atoms with Gasteiger partial charge in [-0.1, -0.05) is 22.9 Å². The Hall–Kier alpha value is -2.93. The van der Waals surface area contributed by atoms with Crippen LogP contribution in [0.15, 0.2) is 45.3 Å². The maximum Gasteiger partial charge on any atom is 0.257 e. The fourth-order valence-electron chi connectivity index (χ4n) is 3.64. The van der Waals surface area contributed by atoms with E-state index < -0.39 is 0 Å². The summed E-state index contributed by atoms with van der Waals surface area (Å²) < 4.78 is 10.9. The number of hydrogen-bond donors (Lipinski definition) is 1. The minimum atomic E-state index is -0.0386. The number of nitrogens with zero attached hydrogens (tertiary/aromatic N) is 3. The monoisotopic (exact) mass is 394 g/mol. The van der Waals surface area contributed by atoms with E-state index in [-0.39, 0.29) is 11.8 Å². The van der Waals surface area contributed by atoms with Crippen molar-refractivity contribution in [2.75, 3.05) is 13.1 Å². The van der Waals surface area contributed by atoms with Gasteiger partial charge in [-0.15, -0.1) is 0 Å². The summed E-state index contributed by atoms with van der Waals surface area (Å²) in [6.45, 7) is 6.56. The molecule has 7 nitrogen and oxygen atoms in total. The molecule has 1 aliphatic heterocycles. The molecule has 1 fully saturated rings. The van der Waals surface area contributed by atoms with E-state index in [9.17, 15) is 4.79 Å². The summed E-state index contributed by atoms with van der Waals surface area (Å²) in [5, 5.41) is 7.10. The van der Waals surface area contributed by atoms with E-state index in [0.717, 1.165) is 36.5 Å². The number of likely N-dealkylation sites (tertiary alicyclic amines) is 1. The van der Waals surface area contributed by atoms with Crippen LogP contribution < -0.4 is 5.32 Å². The molecule has 0 radical (unpaired) electrons. The number of nitrogens with one attached hydrogen (secondary N) is 1. The van der Waals surface area contributed by atoms with Gasteiger partial charge in [-0.05, 0) is 57.5 Å². The van der Waals surface area contributed by atoms with Crippen LogP contribution in [0.25, 0.3) is 11.5 Å². The standard InChI is InChI=1S/C22H26N4O3/c1-15-5-8-17(9-6-15)22-24-20(25-29-22)14-26-11-3-4-18(13-26)21(27)23-12-19-10-7-16(2)28-19/h5-10,18H,3-4,11-14H2,1-2H3,(H,23,27)/t18-/m1/s1. The molecule has 4 rings (SSSR count). The number of rotatable bonds is 6. The van der Waals surface area contributed by atoms with Crippen molar-refractivity contribution >= 4 is 5.91 Å². The number of piperidine rings is 1. The lowest BCUT2D eigenvalue weighted by Crippen LogP contribution is -2.42. The van der Waals surface area contributed by atoms with E-state index in [4.69, 9.17) is 8.94 Å². The molecule has 1 aromatic carbocycles. The number of hydrogen-bond acceptors (Lipinski definition) is 6. The van der Waals surface area contributed by atoms with Crippen LogP contribution in [0.5, 0.6) is 0 Å². The molecule has 2 aromatic heterocycles. The summed E-state index contributed by atoms with van der Waals surface area (Å²) in [5.74, 6) is 2.83. The SMILES string of the molecule is Cc1ccc(-c2nc(CN3CCC[C@@H](C(=O)NCc4ccc(C)o4)C3)no2)cc1. The third-order valence-electron chi connectivity index (χ3n) is 5.24. The van der Waals surface area contributed by atoms with Gasteiger partial charge in [0.15, 0.2) is 5.82 Å². The van der Waals surface area contributed by atoms with Crippen molar-refractivity contribution in [3.05, 3.63) is 59.3 Å². The molecule has 1 atom stereocenters. The fraction of sp³-hybridized carbons (Fsp3) is 0.409. The van der Waals surface area contributed by atoms with Crippen molar-refractivity contribution in [2.24, 2.45) is 5.92 Å². The Morgan fingerprint density at radius 1 is 1.21 bits per heavy atom. The van der Waals surface area contributed by atoms with Gasteiger partial charge in [0.1, 0.15) is 11.5 Å². The van der Waals surface area contributed by atoms with Crippen LogP contribution in [-0.4, -0.2) is 34.0 Å². The van der Waals surface area contributed by atoms with Gasteiger partial charge >= 0.3 is 0 Å². The van der Waals surface area contributed by atoms with Gasteiger partial charge in [0.25, 0.3) is 5.89 Å². The first kappa shape index (κ1) is 19.4. The highest BCUT2D eigenvalue weighted by atomic mass is 16.5. The Kier molecular flexibility index (Phi) is 5.76. The van der Waals surface area contributed by atoms with Crippen LogP contribution in [0.3, 0.4) is 0 Å². The second kappa shape index (κ2) is 8.61. The smallest absolute Gasteiger partial charge is 0.257 e. The van der Waals surface area contributed by atoms with Crippen molar-refractivity contribution in [3.8, 4) is 11.5 Å². The Morgan fingerprint density at radius 3 is 2.79 bits per heavy atom. The first-order valence-corrected chi connectivity index (χ1v) is 10.0. The van der Waals surface area contributed by atoms with Gasteiger partial charge in [-0.25, -0.2) is 0 Å². The zero-order valence-electron chi connectivity index (χ0n) is 16.9. The molecule has 7 heteroatoms. The molecule has 0 bridgehead atoms. The second-order valence-electron chi connectivity index (χ2n) is 7.69. The average molecular weight is 394 g/mol. The first-order chi connectivity index (χ1) is 14.1.